The first-order chi connectivity index (χ1) is 13.8. The Balaban J connectivity index is 0.00000420. The molecule has 1 amide bonds. The van der Waals surface area contributed by atoms with E-state index < -0.39 is 0 Å². The largest absolute Gasteiger partial charge is 0.378 e. The Morgan fingerprint density at radius 2 is 1.83 bits per heavy atom. The molecule has 1 aromatic carbocycles. The zero-order chi connectivity index (χ0) is 19.9. The predicted octanol–water partition coefficient (Wildman–Crippen LogP) is 3.26. The Bertz CT molecular complexity index is 577. The zero-order valence-electron chi connectivity index (χ0n) is 17.6. The van der Waals surface area contributed by atoms with Crippen LogP contribution in [0.25, 0.3) is 0 Å². The number of nitrogens with one attached hydrogen (secondary N) is 3. The first kappa shape index (κ1) is 25.7. The van der Waals surface area contributed by atoms with Gasteiger partial charge in [0.1, 0.15) is 6.54 Å². The number of nitrogens with zero attached hydrogens (tertiary/aromatic N) is 1. The highest BCUT2D eigenvalue weighted by Gasteiger charge is 2.13. The van der Waals surface area contributed by atoms with Crippen LogP contribution in [0, 0.1) is 0 Å². The van der Waals surface area contributed by atoms with Crippen LogP contribution in [0.2, 0.25) is 0 Å². The molecule has 29 heavy (non-hydrogen) atoms. The summed E-state index contributed by atoms with van der Waals surface area (Å²) in [5.41, 5.74) is 1.22. The molecule has 0 atom stereocenters. The Kier molecular flexibility index (Phi) is 14.6. The van der Waals surface area contributed by atoms with Gasteiger partial charge in [-0.05, 0) is 38.2 Å². The zero-order valence-corrected chi connectivity index (χ0v) is 20.0. The number of carbonyl (C=O) groups is 1. The highest BCUT2D eigenvalue weighted by atomic mass is 127. The first-order valence-corrected chi connectivity index (χ1v) is 10.7. The van der Waals surface area contributed by atoms with Crippen molar-refractivity contribution in [1.29, 1.82) is 0 Å². The van der Waals surface area contributed by atoms with Crippen molar-refractivity contribution in [3.8, 4) is 0 Å². The highest BCUT2D eigenvalue weighted by molar-refractivity contribution is 14.0. The van der Waals surface area contributed by atoms with E-state index in [0.717, 1.165) is 32.5 Å². The maximum atomic E-state index is 12.0. The number of amides is 1. The molecule has 164 valence electrons. The molecule has 0 heterocycles. The van der Waals surface area contributed by atoms with Crippen LogP contribution in [0.5, 0.6) is 0 Å². The molecule has 0 aromatic heterocycles. The summed E-state index contributed by atoms with van der Waals surface area (Å²) in [5.74, 6) is 0.618. The quantitative estimate of drug-likeness (QED) is 0.183. The molecule has 1 fully saturated rings. The lowest BCUT2D eigenvalue weighted by Gasteiger charge is -2.22. The van der Waals surface area contributed by atoms with Gasteiger partial charge in [0.05, 0.1) is 6.10 Å². The number of halogens is 1. The third-order valence-electron chi connectivity index (χ3n) is 4.82. The van der Waals surface area contributed by atoms with Crippen molar-refractivity contribution in [1.82, 2.24) is 16.0 Å². The lowest BCUT2D eigenvalue weighted by atomic mass is 9.98. The molecule has 1 aliphatic rings. The topological polar surface area (TPSA) is 74.8 Å². The number of guanidine groups is 1. The molecular formula is C22H37IN4O2. The van der Waals surface area contributed by atoms with Crippen LogP contribution >= 0.6 is 24.0 Å². The minimum Gasteiger partial charge on any atom is -0.378 e. The van der Waals surface area contributed by atoms with Crippen LogP contribution in [0.1, 0.15) is 51.0 Å². The van der Waals surface area contributed by atoms with Gasteiger partial charge in [0.15, 0.2) is 5.96 Å². The molecule has 0 spiro atoms. The molecule has 2 rings (SSSR count). The van der Waals surface area contributed by atoms with E-state index in [1.807, 2.05) is 25.1 Å². The Morgan fingerprint density at radius 3 is 2.55 bits per heavy atom. The smallest absolute Gasteiger partial charge is 0.241 e. The molecule has 0 unspecified atom stereocenters. The van der Waals surface area contributed by atoms with Gasteiger partial charge in [-0.3, -0.25) is 4.79 Å². The van der Waals surface area contributed by atoms with Crippen molar-refractivity contribution in [2.24, 2.45) is 4.99 Å². The van der Waals surface area contributed by atoms with E-state index in [1.54, 1.807) is 0 Å². The second kappa shape index (κ2) is 16.4. The average molecular weight is 516 g/mol. The third kappa shape index (κ3) is 12.1. The third-order valence-corrected chi connectivity index (χ3v) is 4.82. The van der Waals surface area contributed by atoms with Crippen molar-refractivity contribution >= 4 is 35.8 Å². The number of ether oxygens (including phenoxy) is 1. The maximum absolute atomic E-state index is 12.0. The second-order valence-electron chi connectivity index (χ2n) is 7.19. The number of rotatable bonds is 11. The summed E-state index contributed by atoms with van der Waals surface area (Å²) < 4.78 is 5.94. The summed E-state index contributed by atoms with van der Waals surface area (Å²) in [4.78, 5) is 16.4. The molecule has 7 heteroatoms. The van der Waals surface area contributed by atoms with Crippen LogP contribution < -0.4 is 16.0 Å². The van der Waals surface area contributed by atoms with Crippen LogP contribution in [0.4, 0.5) is 0 Å². The Morgan fingerprint density at radius 1 is 1.07 bits per heavy atom. The van der Waals surface area contributed by atoms with Crippen molar-refractivity contribution in [3.05, 3.63) is 35.9 Å². The standard InChI is InChI=1S/C22H36N4O2.HI/c1-2-23-22(25-15-9-17-28-20-12-7-4-8-13-20)26-18-21(27)24-16-14-19-10-5-3-6-11-19;/h3,5-6,10-11,20H,2,4,7-9,12-18H2,1H3,(H,24,27)(H2,23,25,26);1H. The van der Waals surface area contributed by atoms with Gasteiger partial charge in [0, 0.05) is 26.2 Å². The van der Waals surface area contributed by atoms with Gasteiger partial charge in [-0.2, -0.15) is 0 Å². The van der Waals surface area contributed by atoms with Gasteiger partial charge in [-0.1, -0.05) is 49.6 Å². The van der Waals surface area contributed by atoms with E-state index in [2.05, 4.69) is 33.1 Å². The normalized spacial score (nSPS) is 14.7. The first-order valence-electron chi connectivity index (χ1n) is 10.7. The van der Waals surface area contributed by atoms with Crippen molar-refractivity contribution < 1.29 is 9.53 Å². The fourth-order valence-corrected chi connectivity index (χ4v) is 3.30. The minimum atomic E-state index is -0.0613. The van der Waals surface area contributed by atoms with E-state index >= 15 is 0 Å². The van der Waals surface area contributed by atoms with Gasteiger partial charge in [0.25, 0.3) is 0 Å². The summed E-state index contributed by atoms with van der Waals surface area (Å²) >= 11 is 0. The van der Waals surface area contributed by atoms with Crippen molar-refractivity contribution in [2.45, 2.75) is 58.0 Å². The van der Waals surface area contributed by atoms with Gasteiger partial charge in [0.2, 0.25) is 5.91 Å². The lowest BCUT2D eigenvalue weighted by molar-refractivity contribution is -0.119. The predicted molar refractivity (Wildman–Crippen MR) is 130 cm³/mol. The van der Waals surface area contributed by atoms with Gasteiger partial charge in [-0.15, -0.1) is 24.0 Å². The minimum absolute atomic E-state index is 0. The van der Waals surface area contributed by atoms with Gasteiger partial charge >= 0.3 is 0 Å². The number of aliphatic imine (C=N–C) groups is 1. The van der Waals surface area contributed by atoms with Crippen molar-refractivity contribution in [3.63, 3.8) is 0 Å². The number of carbonyl (C=O) groups excluding carboxylic acids is 1. The summed E-state index contributed by atoms with van der Waals surface area (Å²) in [5, 5.41) is 9.37. The lowest BCUT2D eigenvalue weighted by Crippen LogP contribution is -2.39. The summed E-state index contributed by atoms with van der Waals surface area (Å²) in [6, 6.07) is 10.1. The SMILES string of the molecule is CCNC(=NCC(=O)NCCc1ccccc1)NCCCOC1CCCCC1.I. The van der Waals surface area contributed by atoms with Crippen LogP contribution in [0.15, 0.2) is 35.3 Å². The molecular weight excluding hydrogens is 479 g/mol. The van der Waals surface area contributed by atoms with Crippen LogP contribution in [-0.4, -0.2) is 50.8 Å². The van der Waals surface area contributed by atoms with Crippen LogP contribution in [0.3, 0.4) is 0 Å². The molecule has 0 aliphatic heterocycles. The highest BCUT2D eigenvalue weighted by Crippen LogP contribution is 2.20. The Labute approximate surface area is 192 Å². The number of benzene rings is 1. The fourth-order valence-electron chi connectivity index (χ4n) is 3.30. The monoisotopic (exact) mass is 516 g/mol. The maximum Gasteiger partial charge on any atom is 0.241 e. The molecule has 0 radical (unpaired) electrons. The molecule has 1 aliphatic carbocycles. The summed E-state index contributed by atoms with van der Waals surface area (Å²) in [6.45, 7) is 5.10. The van der Waals surface area contributed by atoms with Gasteiger partial charge < -0.3 is 20.7 Å². The molecule has 1 aromatic rings. The van der Waals surface area contributed by atoms with E-state index in [-0.39, 0.29) is 36.4 Å². The molecule has 3 N–H and O–H groups in total. The Hall–Kier alpha value is -1.35. The van der Waals surface area contributed by atoms with Crippen LogP contribution in [-0.2, 0) is 16.0 Å². The second-order valence-corrected chi connectivity index (χ2v) is 7.19. The van der Waals surface area contributed by atoms with E-state index in [9.17, 15) is 4.79 Å². The molecule has 0 saturated heterocycles. The van der Waals surface area contributed by atoms with Gasteiger partial charge in [-0.25, -0.2) is 4.99 Å². The number of hydrogen-bond donors (Lipinski definition) is 3. The summed E-state index contributed by atoms with van der Waals surface area (Å²) in [7, 11) is 0. The number of hydrogen-bond acceptors (Lipinski definition) is 3. The molecule has 0 bridgehead atoms. The summed E-state index contributed by atoms with van der Waals surface area (Å²) in [6.07, 6.45) is 8.58. The van der Waals surface area contributed by atoms with E-state index in [1.165, 1.54) is 37.7 Å². The molecule has 1 saturated carbocycles. The van der Waals surface area contributed by atoms with E-state index in [4.69, 9.17) is 4.74 Å². The average Bonchev–Trinajstić information content (AvgIpc) is 2.73. The van der Waals surface area contributed by atoms with E-state index in [0.29, 0.717) is 18.6 Å². The van der Waals surface area contributed by atoms with Crippen molar-refractivity contribution in [2.75, 3.05) is 32.8 Å². The molecule has 6 nitrogen and oxygen atoms in total. The fraction of sp³-hybridized carbons (Fsp3) is 0.636.